The predicted octanol–water partition coefficient (Wildman–Crippen LogP) is 2.24. The molecule has 0 aliphatic heterocycles. The molecule has 0 bridgehead atoms. The summed E-state index contributed by atoms with van der Waals surface area (Å²) in [6.45, 7) is 4.40. The topological polar surface area (TPSA) is 16.8 Å². The number of aryl methyl sites for hydroxylation is 1. The van der Waals surface area contributed by atoms with Crippen molar-refractivity contribution in [3.63, 3.8) is 0 Å². The SMILES string of the molecule is CC(C)c1ccc2c(c1)ns[n+]2C. The van der Waals surface area contributed by atoms with Gasteiger partial charge >= 0.3 is 0 Å². The summed E-state index contributed by atoms with van der Waals surface area (Å²) >= 11 is 1.50. The lowest BCUT2D eigenvalue weighted by atomic mass is 10.0. The van der Waals surface area contributed by atoms with Crippen molar-refractivity contribution in [3.05, 3.63) is 23.8 Å². The van der Waals surface area contributed by atoms with Crippen LogP contribution in [-0.2, 0) is 7.05 Å². The van der Waals surface area contributed by atoms with Crippen molar-refractivity contribution in [2.45, 2.75) is 19.8 Å². The molecule has 3 heteroatoms. The molecule has 0 spiro atoms. The second-order valence-corrected chi connectivity index (χ2v) is 4.47. The van der Waals surface area contributed by atoms with Crippen molar-refractivity contribution in [1.29, 1.82) is 0 Å². The Bertz CT molecular complexity index is 431. The molecule has 0 amide bonds. The van der Waals surface area contributed by atoms with Gasteiger partial charge in [0, 0.05) is 4.37 Å². The van der Waals surface area contributed by atoms with Crippen LogP contribution in [0.15, 0.2) is 18.2 Å². The Kier molecular flexibility index (Phi) is 2.04. The van der Waals surface area contributed by atoms with Crippen LogP contribution in [0.3, 0.4) is 0 Å². The zero-order valence-electron chi connectivity index (χ0n) is 8.11. The van der Waals surface area contributed by atoms with Crippen LogP contribution in [0.1, 0.15) is 25.3 Å². The average Bonchev–Trinajstić information content (AvgIpc) is 2.47. The molecule has 0 saturated heterocycles. The maximum Gasteiger partial charge on any atom is 0.277 e. The third kappa shape index (κ3) is 1.44. The van der Waals surface area contributed by atoms with Crippen LogP contribution in [-0.4, -0.2) is 4.37 Å². The van der Waals surface area contributed by atoms with Gasteiger partial charge in [-0.1, -0.05) is 19.9 Å². The highest BCUT2D eigenvalue weighted by molar-refractivity contribution is 6.95. The van der Waals surface area contributed by atoms with Gasteiger partial charge in [0.25, 0.3) is 11.7 Å². The van der Waals surface area contributed by atoms with E-state index >= 15 is 0 Å². The van der Waals surface area contributed by atoms with Crippen molar-refractivity contribution in [2.75, 3.05) is 0 Å². The summed E-state index contributed by atoms with van der Waals surface area (Å²) in [4.78, 5) is 0. The first kappa shape index (κ1) is 8.63. The summed E-state index contributed by atoms with van der Waals surface area (Å²) < 4.78 is 6.45. The molecule has 0 unspecified atom stereocenters. The minimum atomic E-state index is 0.580. The van der Waals surface area contributed by atoms with E-state index < -0.39 is 0 Å². The Morgan fingerprint density at radius 2 is 2.15 bits per heavy atom. The molecule has 0 saturated carbocycles. The Morgan fingerprint density at radius 3 is 2.85 bits per heavy atom. The Morgan fingerprint density at radius 1 is 1.38 bits per heavy atom. The summed E-state index contributed by atoms with van der Waals surface area (Å²) in [6, 6.07) is 6.51. The summed E-state index contributed by atoms with van der Waals surface area (Å²) in [6.07, 6.45) is 0. The lowest BCUT2D eigenvalue weighted by molar-refractivity contribution is -0.573. The van der Waals surface area contributed by atoms with Gasteiger partial charge in [-0.05, 0) is 23.6 Å². The highest BCUT2D eigenvalue weighted by Gasteiger charge is 2.11. The van der Waals surface area contributed by atoms with E-state index in [9.17, 15) is 0 Å². The number of nitrogens with zero attached hydrogens (tertiary/aromatic N) is 2. The number of aromatic nitrogens is 2. The van der Waals surface area contributed by atoms with Gasteiger partial charge in [0.05, 0.1) is 7.05 Å². The molecule has 2 aromatic rings. The summed E-state index contributed by atoms with van der Waals surface area (Å²) in [5, 5.41) is 0. The lowest BCUT2D eigenvalue weighted by Crippen LogP contribution is -2.21. The number of rotatable bonds is 1. The van der Waals surface area contributed by atoms with E-state index in [0.717, 1.165) is 5.52 Å². The van der Waals surface area contributed by atoms with Gasteiger partial charge in [-0.15, -0.1) is 0 Å². The smallest absolute Gasteiger partial charge is 0.172 e. The summed E-state index contributed by atoms with van der Waals surface area (Å²) in [5.41, 5.74) is 3.69. The zero-order valence-corrected chi connectivity index (χ0v) is 8.93. The van der Waals surface area contributed by atoms with Crippen LogP contribution in [0.25, 0.3) is 11.0 Å². The van der Waals surface area contributed by atoms with E-state index in [-0.39, 0.29) is 0 Å². The van der Waals surface area contributed by atoms with E-state index in [2.05, 4.69) is 40.4 Å². The second-order valence-electron chi connectivity index (χ2n) is 3.57. The Balaban J connectivity index is 2.63. The van der Waals surface area contributed by atoms with Crippen LogP contribution < -0.4 is 3.96 Å². The first-order chi connectivity index (χ1) is 6.18. The third-order valence-electron chi connectivity index (χ3n) is 2.27. The van der Waals surface area contributed by atoms with Crippen LogP contribution in [0.5, 0.6) is 0 Å². The fourth-order valence-corrected chi connectivity index (χ4v) is 1.99. The van der Waals surface area contributed by atoms with E-state index in [0.29, 0.717) is 5.92 Å². The fourth-order valence-electron chi connectivity index (χ4n) is 1.39. The molecule has 1 heterocycles. The molecular formula is C10H13N2S+. The zero-order chi connectivity index (χ0) is 9.42. The van der Waals surface area contributed by atoms with Gasteiger partial charge < -0.3 is 0 Å². The van der Waals surface area contributed by atoms with Crippen molar-refractivity contribution < 1.29 is 3.96 Å². The Labute approximate surface area is 82.1 Å². The van der Waals surface area contributed by atoms with Crippen molar-refractivity contribution in [2.24, 2.45) is 7.05 Å². The average molecular weight is 193 g/mol. The summed E-state index contributed by atoms with van der Waals surface area (Å²) in [7, 11) is 2.04. The minimum absolute atomic E-state index is 0.580. The van der Waals surface area contributed by atoms with Crippen LogP contribution >= 0.6 is 11.7 Å². The minimum Gasteiger partial charge on any atom is -0.172 e. The highest BCUT2D eigenvalue weighted by atomic mass is 32.1. The largest absolute Gasteiger partial charge is 0.277 e. The van der Waals surface area contributed by atoms with Gasteiger partial charge in [-0.3, -0.25) is 0 Å². The molecule has 0 fully saturated rings. The highest BCUT2D eigenvalue weighted by Crippen LogP contribution is 2.18. The fraction of sp³-hybridized carbons (Fsp3) is 0.400. The van der Waals surface area contributed by atoms with Gasteiger partial charge in [-0.2, -0.15) is 3.96 Å². The molecule has 0 atom stereocenters. The van der Waals surface area contributed by atoms with Gasteiger partial charge in [0.2, 0.25) is 5.52 Å². The lowest BCUT2D eigenvalue weighted by Gasteiger charge is -2.01. The maximum absolute atomic E-state index is 4.37. The first-order valence-electron chi connectivity index (χ1n) is 4.44. The molecule has 1 aromatic carbocycles. The van der Waals surface area contributed by atoms with Crippen LogP contribution in [0, 0.1) is 0 Å². The molecule has 0 aliphatic carbocycles. The van der Waals surface area contributed by atoms with Crippen molar-refractivity contribution in [3.8, 4) is 0 Å². The number of hydrogen-bond acceptors (Lipinski definition) is 2. The monoisotopic (exact) mass is 193 g/mol. The van der Waals surface area contributed by atoms with Crippen molar-refractivity contribution in [1.82, 2.24) is 4.37 Å². The van der Waals surface area contributed by atoms with Crippen LogP contribution in [0.4, 0.5) is 0 Å². The molecule has 68 valence electrons. The maximum atomic E-state index is 4.37. The standard InChI is InChI=1S/C10H13N2S/c1-7(2)8-4-5-10-9(6-8)11-13-12(10)3/h4-7H,1-3H3/q+1. The molecule has 13 heavy (non-hydrogen) atoms. The first-order valence-corrected chi connectivity index (χ1v) is 5.17. The number of benzene rings is 1. The van der Waals surface area contributed by atoms with Crippen LogP contribution in [0.2, 0.25) is 0 Å². The Hall–Kier alpha value is -0.960. The predicted molar refractivity (Wildman–Crippen MR) is 54.9 cm³/mol. The third-order valence-corrected chi connectivity index (χ3v) is 2.99. The van der Waals surface area contributed by atoms with E-state index in [1.54, 1.807) is 0 Å². The van der Waals surface area contributed by atoms with Gasteiger partial charge in [0.15, 0.2) is 5.52 Å². The normalized spacial score (nSPS) is 11.4. The van der Waals surface area contributed by atoms with Gasteiger partial charge in [-0.25, -0.2) is 0 Å². The van der Waals surface area contributed by atoms with E-state index in [1.165, 1.54) is 22.8 Å². The molecule has 0 radical (unpaired) electrons. The molecular weight excluding hydrogens is 180 g/mol. The summed E-state index contributed by atoms with van der Waals surface area (Å²) in [5.74, 6) is 0.580. The number of fused-ring (bicyclic) bond motifs is 1. The van der Waals surface area contributed by atoms with E-state index in [1.807, 2.05) is 7.05 Å². The molecule has 2 nitrogen and oxygen atoms in total. The molecule has 0 N–H and O–H groups in total. The molecule has 0 aliphatic rings. The molecule has 2 rings (SSSR count). The van der Waals surface area contributed by atoms with Crippen molar-refractivity contribution >= 4 is 22.8 Å². The van der Waals surface area contributed by atoms with E-state index in [4.69, 9.17) is 0 Å². The number of hydrogen-bond donors (Lipinski definition) is 0. The quantitative estimate of drug-likeness (QED) is 0.635. The van der Waals surface area contributed by atoms with Gasteiger partial charge in [0.1, 0.15) is 0 Å². The second kappa shape index (κ2) is 3.07. The molecule has 1 aromatic heterocycles.